The normalized spacial score (nSPS) is 10.7. The molecule has 0 radical (unpaired) electrons. The number of phenols is 1. The van der Waals surface area contributed by atoms with Crippen LogP contribution in [0.4, 0.5) is 0 Å². The molecule has 2 aromatic carbocycles. The fraction of sp³-hybridized carbons (Fsp3) is 0.222. The Morgan fingerprint density at radius 3 is 2.76 bits per heavy atom. The molecule has 0 aliphatic rings. The highest BCUT2D eigenvalue weighted by molar-refractivity contribution is 9.10. The number of nitrogens with one attached hydrogen (secondary N) is 1. The van der Waals surface area contributed by atoms with E-state index in [4.69, 9.17) is 9.47 Å². The van der Waals surface area contributed by atoms with E-state index in [1.165, 1.54) is 13.3 Å². The molecule has 0 fully saturated rings. The lowest BCUT2D eigenvalue weighted by Crippen LogP contribution is -2.18. The molecular weight excluding hydrogens is 388 g/mol. The predicted molar refractivity (Wildman–Crippen MR) is 99.8 cm³/mol. The summed E-state index contributed by atoms with van der Waals surface area (Å²) in [5, 5.41) is 13.8. The van der Waals surface area contributed by atoms with E-state index in [9.17, 15) is 9.90 Å². The second-order valence-corrected chi connectivity index (χ2v) is 6.04. The molecular formula is C18H19BrN2O4. The van der Waals surface area contributed by atoms with Crippen LogP contribution in [0.1, 0.15) is 28.4 Å². The minimum Gasteiger partial charge on any atom is -0.503 e. The molecule has 0 unspecified atom stereocenters. The molecule has 132 valence electrons. The summed E-state index contributed by atoms with van der Waals surface area (Å²) >= 11 is 3.25. The lowest BCUT2D eigenvalue weighted by Gasteiger charge is -2.09. The Morgan fingerprint density at radius 1 is 1.32 bits per heavy atom. The van der Waals surface area contributed by atoms with Gasteiger partial charge in [-0.3, -0.25) is 4.79 Å². The number of hydrogen-bond donors (Lipinski definition) is 2. The van der Waals surface area contributed by atoms with Crippen molar-refractivity contribution in [3.8, 4) is 17.2 Å². The van der Waals surface area contributed by atoms with Crippen molar-refractivity contribution in [1.29, 1.82) is 0 Å². The molecule has 7 heteroatoms. The first-order valence-electron chi connectivity index (χ1n) is 7.59. The minimum absolute atomic E-state index is 0.0208. The molecule has 0 heterocycles. The van der Waals surface area contributed by atoms with Crippen LogP contribution in [0.2, 0.25) is 0 Å². The SMILES string of the molecule is CCOc1cc(/C=N\NC(=O)c2ccc(C)cc2OC)cc(Br)c1O. The highest BCUT2D eigenvalue weighted by Gasteiger charge is 2.12. The summed E-state index contributed by atoms with van der Waals surface area (Å²) < 4.78 is 11.0. The van der Waals surface area contributed by atoms with Crippen molar-refractivity contribution in [2.45, 2.75) is 13.8 Å². The topological polar surface area (TPSA) is 80.2 Å². The van der Waals surface area contributed by atoms with Gasteiger partial charge in [-0.25, -0.2) is 5.43 Å². The third kappa shape index (κ3) is 4.73. The summed E-state index contributed by atoms with van der Waals surface area (Å²) in [5.41, 5.74) is 4.51. The Hall–Kier alpha value is -2.54. The van der Waals surface area contributed by atoms with E-state index >= 15 is 0 Å². The Balaban J connectivity index is 2.14. The number of aromatic hydroxyl groups is 1. The molecule has 0 atom stereocenters. The number of hydrogen-bond acceptors (Lipinski definition) is 5. The second-order valence-electron chi connectivity index (χ2n) is 5.19. The maximum Gasteiger partial charge on any atom is 0.275 e. The van der Waals surface area contributed by atoms with Gasteiger partial charge in [-0.1, -0.05) is 6.07 Å². The van der Waals surface area contributed by atoms with Gasteiger partial charge in [0.15, 0.2) is 11.5 Å². The van der Waals surface area contributed by atoms with Crippen LogP contribution in [0.15, 0.2) is 39.9 Å². The zero-order chi connectivity index (χ0) is 18.4. The Bertz CT molecular complexity index is 806. The fourth-order valence-electron chi connectivity index (χ4n) is 2.15. The summed E-state index contributed by atoms with van der Waals surface area (Å²) in [4.78, 5) is 12.2. The maximum atomic E-state index is 12.2. The van der Waals surface area contributed by atoms with Gasteiger partial charge in [0.1, 0.15) is 5.75 Å². The number of phenolic OH excluding ortho intramolecular Hbond substituents is 1. The molecule has 0 bridgehead atoms. The molecule has 0 aromatic heterocycles. The molecule has 0 saturated heterocycles. The quantitative estimate of drug-likeness (QED) is 0.566. The first-order chi connectivity index (χ1) is 12.0. The minimum atomic E-state index is -0.379. The standard InChI is InChI=1S/C18H19BrN2O4/c1-4-25-16-9-12(8-14(19)17(16)22)10-20-21-18(23)13-6-5-11(2)7-15(13)24-3/h5-10,22H,4H2,1-3H3,(H,21,23)/b20-10-. The van der Waals surface area contributed by atoms with Crippen LogP contribution in [-0.4, -0.2) is 30.9 Å². The molecule has 0 aliphatic carbocycles. The summed E-state index contributed by atoms with van der Waals surface area (Å²) in [6, 6.07) is 8.59. The van der Waals surface area contributed by atoms with Crippen molar-refractivity contribution in [1.82, 2.24) is 5.43 Å². The van der Waals surface area contributed by atoms with Gasteiger partial charge in [0.2, 0.25) is 0 Å². The van der Waals surface area contributed by atoms with Gasteiger partial charge in [0, 0.05) is 0 Å². The van der Waals surface area contributed by atoms with E-state index in [1.54, 1.807) is 24.3 Å². The number of methoxy groups -OCH3 is 1. The highest BCUT2D eigenvalue weighted by atomic mass is 79.9. The van der Waals surface area contributed by atoms with Crippen molar-refractivity contribution in [3.05, 3.63) is 51.5 Å². The number of nitrogens with zero attached hydrogens (tertiary/aromatic N) is 1. The van der Waals surface area contributed by atoms with E-state index in [2.05, 4.69) is 26.5 Å². The highest BCUT2D eigenvalue weighted by Crippen LogP contribution is 2.35. The molecule has 2 rings (SSSR count). The van der Waals surface area contributed by atoms with Crippen LogP contribution in [0, 0.1) is 6.92 Å². The van der Waals surface area contributed by atoms with Crippen molar-refractivity contribution in [2.24, 2.45) is 5.10 Å². The molecule has 0 aliphatic heterocycles. The van der Waals surface area contributed by atoms with Crippen LogP contribution < -0.4 is 14.9 Å². The molecule has 6 nitrogen and oxygen atoms in total. The lowest BCUT2D eigenvalue weighted by molar-refractivity contribution is 0.0952. The van der Waals surface area contributed by atoms with Gasteiger partial charge >= 0.3 is 0 Å². The average molecular weight is 407 g/mol. The number of aryl methyl sites for hydroxylation is 1. The zero-order valence-electron chi connectivity index (χ0n) is 14.2. The average Bonchev–Trinajstić information content (AvgIpc) is 2.59. The van der Waals surface area contributed by atoms with Crippen molar-refractivity contribution in [2.75, 3.05) is 13.7 Å². The molecule has 2 aromatic rings. The molecule has 25 heavy (non-hydrogen) atoms. The third-order valence-electron chi connectivity index (χ3n) is 3.33. The zero-order valence-corrected chi connectivity index (χ0v) is 15.8. The van der Waals surface area contributed by atoms with Crippen LogP contribution in [-0.2, 0) is 0 Å². The van der Waals surface area contributed by atoms with E-state index in [-0.39, 0.29) is 11.7 Å². The number of hydrazone groups is 1. The number of ether oxygens (including phenoxy) is 2. The summed E-state index contributed by atoms with van der Waals surface area (Å²) in [6.07, 6.45) is 1.46. The van der Waals surface area contributed by atoms with Gasteiger partial charge in [0.05, 0.1) is 30.0 Å². The van der Waals surface area contributed by atoms with Gasteiger partial charge in [-0.15, -0.1) is 0 Å². The first-order valence-corrected chi connectivity index (χ1v) is 8.39. The number of benzene rings is 2. The van der Waals surface area contributed by atoms with Crippen molar-refractivity contribution < 1.29 is 19.4 Å². The van der Waals surface area contributed by atoms with Crippen LogP contribution in [0.5, 0.6) is 17.2 Å². The smallest absolute Gasteiger partial charge is 0.275 e. The van der Waals surface area contributed by atoms with E-state index in [1.807, 2.05) is 19.9 Å². The fourth-order valence-corrected chi connectivity index (χ4v) is 2.61. The molecule has 0 spiro atoms. The second kappa shape index (κ2) is 8.53. The van der Waals surface area contributed by atoms with Gasteiger partial charge in [0.25, 0.3) is 5.91 Å². The van der Waals surface area contributed by atoms with Crippen LogP contribution in [0.25, 0.3) is 0 Å². The molecule has 1 amide bonds. The Labute approximate surface area is 154 Å². The maximum absolute atomic E-state index is 12.2. The van der Waals surface area contributed by atoms with Gasteiger partial charge < -0.3 is 14.6 Å². The first kappa shape index (κ1) is 18.8. The van der Waals surface area contributed by atoms with Crippen molar-refractivity contribution in [3.63, 3.8) is 0 Å². The number of amides is 1. The monoisotopic (exact) mass is 406 g/mol. The van der Waals surface area contributed by atoms with Crippen LogP contribution in [0.3, 0.4) is 0 Å². The summed E-state index contributed by atoms with van der Waals surface area (Å²) in [6.45, 7) is 4.16. The lowest BCUT2D eigenvalue weighted by atomic mass is 10.1. The molecule has 2 N–H and O–H groups in total. The predicted octanol–water partition coefficient (Wildman–Crippen LogP) is 3.63. The molecule has 0 saturated carbocycles. The van der Waals surface area contributed by atoms with E-state index < -0.39 is 0 Å². The third-order valence-corrected chi connectivity index (χ3v) is 3.94. The Kier molecular flexibility index (Phi) is 6.41. The number of carbonyl (C=O) groups is 1. The number of halogens is 1. The van der Waals surface area contributed by atoms with E-state index in [0.717, 1.165) is 5.56 Å². The largest absolute Gasteiger partial charge is 0.503 e. The van der Waals surface area contributed by atoms with Crippen molar-refractivity contribution >= 4 is 28.1 Å². The van der Waals surface area contributed by atoms with Crippen LogP contribution >= 0.6 is 15.9 Å². The van der Waals surface area contributed by atoms with Gasteiger partial charge in [-0.05, 0) is 65.2 Å². The number of carbonyl (C=O) groups excluding carboxylic acids is 1. The summed E-state index contributed by atoms with van der Waals surface area (Å²) in [7, 11) is 1.51. The van der Waals surface area contributed by atoms with Gasteiger partial charge in [-0.2, -0.15) is 5.10 Å². The van der Waals surface area contributed by atoms with E-state index in [0.29, 0.717) is 33.7 Å². The summed E-state index contributed by atoms with van der Waals surface area (Å²) in [5.74, 6) is 0.465. The Morgan fingerprint density at radius 2 is 2.08 bits per heavy atom. The number of rotatable bonds is 6.